The average Bonchev–Trinajstić information content (AvgIpc) is 2.31. The second-order valence-electron chi connectivity index (χ2n) is 4.73. The number of carbonyl (C=O) groups excluding carboxylic acids is 1. The van der Waals surface area contributed by atoms with E-state index in [4.69, 9.17) is 4.74 Å². The van der Waals surface area contributed by atoms with Gasteiger partial charge in [0.2, 0.25) is 0 Å². The third-order valence-electron chi connectivity index (χ3n) is 2.07. The molecule has 0 aliphatic carbocycles. The molecule has 3 heteroatoms. The van der Waals surface area contributed by atoms with Crippen LogP contribution in [-0.4, -0.2) is 23.7 Å². The first-order valence-corrected chi connectivity index (χ1v) is 4.87. The molecule has 0 spiro atoms. The highest BCUT2D eigenvalue weighted by molar-refractivity contribution is 5.76. The Hall–Kier alpha value is -0.570. The van der Waals surface area contributed by atoms with Crippen LogP contribution in [0.1, 0.15) is 40.5 Å². The van der Waals surface area contributed by atoms with Crippen molar-refractivity contribution in [1.82, 2.24) is 5.32 Å². The maximum Gasteiger partial charge on any atom is 0.323 e. The summed E-state index contributed by atoms with van der Waals surface area (Å²) in [5.41, 5.74) is -0.370. The summed E-state index contributed by atoms with van der Waals surface area (Å²) in [6.07, 6.45) is 1.96. The van der Waals surface area contributed by atoms with Crippen LogP contribution in [0, 0.1) is 0 Å². The van der Waals surface area contributed by atoms with Gasteiger partial charge in [-0.15, -0.1) is 0 Å². The lowest BCUT2D eigenvalue weighted by atomic mass is 10.1. The molecule has 0 amide bonds. The second kappa shape index (κ2) is 3.66. The fraction of sp³-hybridized carbons (Fsp3) is 0.900. The minimum atomic E-state index is -0.370. The van der Waals surface area contributed by atoms with Gasteiger partial charge in [-0.25, -0.2) is 0 Å². The Labute approximate surface area is 79.8 Å². The molecule has 0 aromatic rings. The van der Waals surface area contributed by atoms with E-state index in [0.29, 0.717) is 6.04 Å². The molecule has 0 unspecified atom stereocenters. The molecule has 1 rings (SSSR count). The quantitative estimate of drug-likeness (QED) is 0.629. The Morgan fingerprint density at radius 1 is 1.38 bits per heavy atom. The Balaban J connectivity index is 2.41. The number of carbonyl (C=O) groups is 1. The largest absolute Gasteiger partial charge is 0.459 e. The smallest absolute Gasteiger partial charge is 0.323 e. The van der Waals surface area contributed by atoms with E-state index in [9.17, 15) is 4.79 Å². The highest BCUT2D eigenvalue weighted by Gasteiger charge is 2.30. The van der Waals surface area contributed by atoms with Gasteiger partial charge < -0.3 is 10.1 Å². The van der Waals surface area contributed by atoms with E-state index >= 15 is 0 Å². The minimum Gasteiger partial charge on any atom is -0.459 e. The molecular formula is C10H19NO2. The second-order valence-corrected chi connectivity index (χ2v) is 4.73. The summed E-state index contributed by atoms with van der Waals surface area (Å²) in [5.74, 6) is -0.114. The first kappa shape index (κ1) is 10.5. The first-order valence-electron chi connectivity index (χ1n) is 4.87. The van der Waals surface area contributed by atoms with Crippen LogP contribution >= 0.6 is 0 Å². The van der Waals surface area contributed by atoms with Crippen LogP contribution in [0.4, 0.5) is 0 Å². The van der Waals surface area contributed by atoms with Crippen molar-refractivity contribution in [1.29, 1.82) is 0 Å². The Morgan fingerprint density at radius 2 is 2.00 bits per heavy atom. The van der Waals surface area contributed by atoms with Gasteiger partial charge in [-0.1, -0.05) is 0 Å². The predicted octanol–water partition coefficient (Wildman–Crippen LogP) is 1.47. The van der Waals surface area contributed by atoms with Gasteiger partial charge in [-0.05, 0) is 40.5 Å². The molecule has 0 bridgehead atoms. The molecule has 0 saturated carbocycles. The van der Waals surface area contributed by atoms with E-state index in [0.717, 1.165) is 12.8 Å². The zero-order valence-corrected chi connectivity index (χ0v) is 8.89. The number of hydrogen-bond acceptors (Lipinski definition) is 3. The van der Waals surface area contributed by atoms with Crippen molar-refractivity contribution in [3.05, 3.63) is 0 Å². The van der Waals surface area contributed by atoms with Crippen molar-refractivity contribution in [3.63, 3.8) is 0 Å². The third kappa shape index (κ3) is 3.35. The molecule has 0 radical (unpaired) electrons. The summed E-state index contributed by atoms with van der Waals surface area (Å²) in [5, 5.41) is 3.20. The maximum absolute atomic E-state index is 11.5. The highest BCUT2D eigenvalue weighted by Crippen LogP contribution is 2.16. The molecule has 0 aromatic heterocycles. The molecule has 76 valence electrons. The van der Waals surface area contributed by atoms with Gasteiger partial charge in [0.1, 0.15) is 11.6 Å². The molecule has 1 saturated heterocycles. The van der Waals surface area contributed by atoms with E-state index in [1.807, 2.05) is 20.8 Å². The molecule has 13 heavy (non-hydrogen) atoms. The molecule has 1 N–H and O–H groups in total. The van der Waals surface area contributed by atoms with Crippen LogP contribution in [0.15, 0.2) is 0 Å². The fourth-order valence-corrected chi connectivity index (χ4v) is 1.49. The third-order valence-corrected chi connectivity index (χ3v) is 2.07. The number of nitrogens with one attached hydrogen (secondary N) is 1. The minimum absolute atomic E-state index is 0.0887. The van der Waals surface area contributed by atoms with Crippen LogP contribution in [0.5, 0.6) is 0 Å². The highest BCUT2D eigenvalue weighted by atomic mass is 16.6. The van der Waals surface area contributed by atoms with Crippen molar-refractivity contribution >= 4 is 5.97 Å². The van der Waals surface area contributed by atoms with Crippen LogP contribution in [0.25, 0.3) is 0 Å². The SMILES string of the molecule is C[C@@H]1CC[C@@H](C(=O)OC(C)(C)C)N1. The summed E-state index contributed by atoms with van der Waals surface area (Å²) in [6.45, 7) is 7.76. The molecule has 1 heterocycles. The van der Waals surface area contributed by atoms with Crippen molar-refractivity contribution < 1.29 is 9.53 Å². The van der Waals surface area contributed by atoms with E-state index < -0.39 is 0 Å². The maximum atomic E-state index is 11.5. The zero-order valence-electron chi connectivity index (χ0n) is 8.89. The Morgan fingerprint density at radius 3 is 2.38 bits per heavy atom. The number of ether oxygens (including phenoxy) is 1. The summed E-state index contributed by atoms with van der Waals surface area (Å²) in [7, 11) is 0. The summed E-state index contributed by atoms with van der Waals surface area (Å²) >= 11 is 0. The summed E-state index contributed by atoms with van der Waals surface area (Å²) < 4.78 is 5.27. The summed E-state index contributed by atoms with van der Waals surface area (Å²) in [6, 6.07) is 0.353. The summed E-state index contributed by atoms with van der Waals surface area (Å²) in [4.78, 5) is 11.5. The average molecular weight is 185 g/mol. The molecule has 1 aliphatic heterocycles. The lowest BCUT2D eigenvalue weighted by Crippen LogP contribution is -2.39. The molecule has 2 atom stereocenters. The van der Waals surface area contributed by atoms with Crippen LogP contribution in [0.2, 0.25) is 0 Å². The van der Waals surface area contributed by atoms with Crippen LogP contribution in [-0.2, 0) is 9.53 Å². The first-order chi connectivity index (χ1) is 5.88. The van der Waals surface area contributed by atoms with E-state index in [1.54, 1.807) is 0 Å². The lowest BCUT2D eigenvalue weighted by molar-refractivity contribution is -0.157. The van der Waals surface area contributed by atoms with Gasteiger partial charge in [0, 0.05) is 6.04 Å². The van der Waals surface area contributed by atoms with E-state index in [2.05, 4.69) is 12.2 Å². The Bertz CT molecular complexity index is 196. The zero-order chi connectivity index (χ0) is 10.1. The monoisotopic (exact) mass is 185 g/mol. The lowest BCUT2D eigenvalue weighted by Gasteiger charge is -2.22. The van der Waals surface area contributed by atoms with E-state index in [-0.39, 0.29) is 17.6 Å². The van der Waals surface area contributed by atoms with Crippen molar-refractivity contribution in [2.45, 2.75) is 58.2 Å². The van der Waals surface area contributed by atoms with Gasteiger partial charge in [0.05, 0.1) is 0 Å². The van der Waals surface area contributed by atoms with E-state index in [1.165, 1.54) is 0 Å². The normalized spacial score (nSPS) is 28.9. The molecule has 3 nitrogen and oxygen atoms in total. The molecule has 1 fully saturated rings. The molecular weight excluding hydrogens is 166 g/mol. The van der Waals surface area contributed by atoms with Crippen molar-refractivity contribution in [3.8, 4) is 0 Å². The predicted molar refractivity (Wildman–Crippen MR) is 51.5 cm³/mol. The van der Waals surface area contributed by atoms with Gasteiger partial charge in [-0.3, -0.25) is 4.79 Å². The number of rotatable bonds is 1. The molecule has 0 aromatic carbocycles. The number of hydrogen-bond donors (Lipinski definition) is 1. The molecule has 1 aliphatic rings. The van der Waals surface area contributed by atoms with Gasteiger partial charge in [0.15, 0.2) is 0 Å². The number of esters is 1. The van der Waals surface area contributed by atoms with Gasteiger partial charge >= 0.3 is 5.97 Å². The Kier molecular flexibility index (Phi) is 2.96. The fourth-order valence-electron chi connectivity index (χ4n) is 1.49. The van der Waals surface area contributed by atoms with Crippen LogP contribution in [0.3, 0.4) is 0 Å². The van der Waals surface area contributed by atoms with Gasteiger partial charge in [-0.2, -0.15) is 0 Å². The van der Waals surface area contributed by atoms with Crippen LogP contribution < -0.4 is 5.32 Å². The topological polar surface area (TPSA) is 38.3 Å². The van der Waals surface area contributed by atoms with Gasteiger partial charge in [0.25, 0.3) is 0 Å². The van der Waals surface area contributed by atoms with Crippen molar-refractivity contribution in [2.75, 3.05) is 0 Å². The standard InChI is InChI=1S/C10H19NO2/c1-7-5-6-8(11-7)9(12)13-10(2,3)4/h7-8,11H,5-6H2,1-4H3/t7-,8+/m1/s1. The van der Waals surface area contributed by atoms with Crippen molar-refractivity contribution in [2.24, 2.45) is 0 Å².